The van der Waals surface area contributed by atoms with Gasteiger partial charge in [-0.05, 0) is 70.4 Å². The Morgan fingerprint density at radius 3 is 2.70 bits per heavy atom. The molecule has 27 heavy (non-hydrogen) atoms. The number of aromatic nitrogens is 4. The van der Waals surface area contributed by atoms with Gasteiger partial charge in [-0.25, -0.2) is 0 Å². The molecule has 0 saturated heterocycles. The fraction of sp³-hybridized carbons (Fsp3) is 0.545. The molecule has 0 radical (unpaired) electrons. The zero-order valence-corrected chi connectivity index (χ0v) is 16.5. The Bertz CT molecular complexity index is 922. The van der Waals surface area contributed by atoms with Crippen LogP contribution in [0.25, 0.3) is 10.9 Å². The minimum atomic E-state index is 0.264. The van der Waals surface area contributed by atoms with E-state index in [1.54, 1.807) is 0 Å². The van der Waals surface area contributed by atoms with Gasteiger partial charge in [-0.1, -0.05) is 18.2 Å². The van der Waals surface area contributed by atoms with E-state index < -0.39 is 0 Å². The molecule has 4 rings (SSSR count). The first-order valence-electron chi connectivity index (χ1n) is 10.3. The molecule has 144 valence electrons. The smallest absolute Gasteiger partial charge is 0.0918 e. The number of aliphatic hydroxyl groups is 1. The fourth-order valence-electron chi connectivity index (χ4n) is 4.29. The van der Waals surface area contributed by atoms with Crippen LogP contribution in [0.3, 0.4) is 0 Å². The lowest BCUT2D eigenvalue weighted by Gasteiger charge is -2.12. The molecule has 0 spiro atoms. The molecule has 5 nitrogen and oxygen atoms in total. The topological polar surface area (TPSA) is 55.9 Å². The summed E-state index contributed by atoms with van der Waals surface area (Å²) < 4.78 is 4.33. The summed E-state index contributed by atoms with van der Waals surface area (Å²) in [6.45, 7) is 5.34. The third-order valence-electron chi connectivity index (χ3n) is 5.64. The second-order valence-electron chi connectivity index (χ2n) is 7.92. The number of fused-ring (bicyclic) bond motifs is 2. The monoisotopic (exact) mass is 366 g/mol. The molecular weight excluding hydrogens is 336 g/mol. The third kappa shape index (κ3) is 3.53. The lowest BCUT2D eigenvalue weighted by molar-refractivity contribution is 0.284. The van der Waals surface area contributed by atoms with E-state index in [0.29, 0.717) is 6.04 Å². The molecule has 3 aromatic rings. The maximum Gasteiger partial charge on any atom is 0.0918 e. The number of nitrogens with zero attached hydrogens (tertiary/aromatic N) is 4. The first-order chi connectivity index (χ1) is 13.2. The first-order valence-corrected chi connectivity index (χ1v) is 10.3. The van der Waals surface area contributed by atoms with E-state index >= 15 is 0 Å². The van der Waals surface area contributed by atoms with Crippen LogP contribution in [0.4, 0.5) is 0 Å². The normalized spacial score (nSPS) is 14.2. The molecule has 2 aromatic heterocycles. The SMILES string of the molecule is CC(C)n1nc(Cn2nc3c(c2CCCCO)CCCC3)c2ccccc21. The second kappa shape index (κ2) is 7.85. The Kier molecular flexibility index (Phi) is 5.30. The summed E-state index contributed by atoms with van der Waals surface area (Å²) in [4.78, 5) is 0. The highest BCUT2D eigenvalue weighted by Crippen LogP contribution is 2.28. The first kappa shape index (κ1) is 18.2. The molecule has 1 aromatic carbocycles. The number of aliphatic hydroxyl groups excluding tert-OH is 1. The maximum absolute atomic E-state index is 9.18. The van der Waals surface area contributed by atoms with Crippen LogP contribution in [-0.4, -0.2) is 31.3 Å². The number of hydrogen-bond acceptors (Lipinski definition) is 3. The van der Waals surface area contributed by atoms with Crippen molar-refractivity contribution in [1.29, 1.82) is 0 Å². The van der Waals surface area contributed by atoms with Gasteiger partial charge >= 0.3 is 0 Å². The molecule has 0 aliphatic heterocycles. The Balaban J connectivity index is 1.72. The number of unbranched alkanes of at least 4 members (excludes halogenated alkanes) is 1. The Labute approximate surface area is 161 Å². The lowest BCUT2D eigenvalue weighted by atomic mass is 9.94. The van der Waals surface area contributed by atoms with E-state index in [4.69, 9.17) is 10.2 Å². The summed E-state index contributed by atoms with van der Waals surface area (Å²) in [5.41, 5.74) is 6.41. The standard InChI is InChI=1S/C22H30N4O/c1-16(2)26-22-13-6-4-10-18(22)20(24-26)15-25-21(12-7-8-14-27)17-9-3-5-11-19(17)23-25/h4,6,10,13,16,27H,3,5,7-9,11-12,14-15H2,1-2H3. The molecule has 1 aliphatic rings. The molecule has 0 bridgehead atoms. The van der Waals surface area contributed by atoms with Crippen molar-refractivity contribution in [2.45, 2.75) is 71.4 Å². The van der Waals surface area contributed by atoms with Gasteiger partial charge in [0.15, 0.2) is 0 Å². The molecule has 1 aliphatic carbocycles. The Morgan fingerprint density at radius 2 is 1.89 bits per heavy atom. The fourth-order valence-corrected chi connectivity index (χ4v) is 4.29. The highest BCUT2D eigenvalue weighted by Gasteiger charge is 2.22. The van der Waals surface area contributed by atoms with Gasteiger partial charge in [-0.3, -0.25) is 9.36 Å². The van der Waals surface area contributed by atoms with Crippen molar-refractivity contribution >= 4 is 10.9 Å². The van der Waals surface area contributed by atoms with Gasteiger partial charge in [0.05, 0.1) is 23.4 Å². The molecular formula is C22H30N4O. The number of para-hydroxylation sites is 1. The van der Waals surface area contributed by atoms with Crippen LogP contribution in [0, 0.1) is 0 Å². The highest BCUT2D eigenvalue weighted by molar-refractivity contribution is 5.82. The van der Waals surface area contributed by atoms with E-state index in [1.165, 1.54) is 40.7 Å². The van der Waals surface area contributed by atoms with Crippen LogP contribution in [0.2, 0.25) is 0 Å². The number of hydrogen-bond donors (Lipinski definition) is 1. The third-order valence-corrected chi connectivity index (χ3v) is 5.64. The zero-order valence-electron chi connectivity index (χ0n) is 16.5. The summed E-state index contributed by atoms with van der Waals surface area (Å²) in [6, 6.07) is 8.83. The highest BCUT2D eigenvalue weighted by atomic mass is 16.2. The summed E-state index contributed by atoms with van der Waals surface area (Å²) in [6.07, 6.45) is 7.59. The summed E-state index contributed by atoms with van der Waals surface area (Å²) in [5.74, 6) is 0. The van der Waals surface area contributed by atoms with Crippen LogP contribution in [0.5, 0.6) is 0 Å². The minimum Gasteiger partial charge on any atom is -0.396 e. The second-order valence-corrected chi connectivity index (χ2v) is 7.92. The van der Waals surface area contributed by atoms with E-state index in [0.717, 1.165) is 44.3 Å². The van der Waals surface area contributed by atoms with Gasteiger partial charge in [0, 0.05) is 23.7 Å². The average molecular weight is 367 g/mol. The molecule has 5 heteroatoms. The molecule has 0 amide bonds. The predicted octanol–water partition coefficient (Wildman–Crippen LogP) is 4.06. The maximum atomic E-state index is 9.18. The molecule has 1 N–H and O–H groups in total. The largest absolute Gasteiger partial charge is 0.396 e. The molecule has 2 heterocycles. The molecule has 0 fully saturated rings. The van der Waals surface area contributed by atoms with Gasteiger partial charge in [0.2, 0.25) is 0 Å². The zero-order chi connectivity index (χ0) is 18.8. The Hall–Kier alpha value is -2.14. The van der Waals surface area contributed by atoms with E-state index in [1.807, 2.05) is 0 Å². The van der Waals surface area contributed by atoms with Crippen molar-refractivity contribution in [3.05, 3.63) is 46.9 Å². The number of benzene rings is 1. The van der Waals surface area contributed by atoms with Gasteiger partial charge in [-0.2, -0.15) is 10.2 Å². The lowest BCUT2D eigenvalue weighted by Crippen LogP contribution is -2.10. The summed E-state index contributed by atoms with van der Waals surface area (Å²) >= 11 is 0. The van der Waals surface area contributed by atoms with Crippen LogP contribution in [0.1, 0.15) is 68.2 Å². The van der Waals surface area contributed by atoms with Crippen molar-refractivity contribution in [2.75, 3.05) is 6.61 Å². The summed E-state index contributed by atoms with van der Waals surface area (Å²) in [5, 5.41) is 20.3. The van der Waals surface area contributed by atoms with Crippen LogP contribution >= 0.6 is 0 Å². The van der Waals surface area contributed by atoms with Crippen LogP contribution < -0.4 is 0 Å². The average Bonchev–Trinajstić information content (AvgIpc) is 3.21. The van der Waals surface area contributed by atoms with Crippen molar-refractivity contribution in [2.24, 2.45) is 0 Å². The van der Waals surface area contributed by atoms with Gasteiger partial charge in [-0.15, -0.1) is 0 Å². The van der Waals surface area contributed by atoms with E-state index in [9.17, 15) is 5.11 Å². The van der Waals surface area contributed by atoms with Gasteiger partial charge < -0.3 is 5.11 Å². The Morgan fingerprint density at radius 1 is 1.07 bits per heavy atom. The van der Waals surface area contributed by atoms with Crippen molar-refractivity contribution in [1.82, 2.24) is 19.6 Å². The van der Waals surface area contributed by atoms with Crippen LogP contribution in [-0.2, 0) is 25.8 Å². The molecule has 0 atom stereocenters. The van der Waals surface area contributed by atoms with Crippen LogP contribution in [0.15, 0.2) is 24.3 Å². The molecule has 0 saturated carbocycles. The summed E-state index contributed by atoms with van der Waals surface area (Å²) in [7, 11) is 0. The quantitative estimate of drug-likeness (QED) is 0.642. The van der Waals surface area contributed by atoms with Crippen molar-refractivity contribution in [3.8, 4) is 0 Å². The predicted molar refractivity (Wildman–Crippen MR) is 108 cm³/mol. The van der Waals surface area contributed by atoms with Gasteiger partial charge in [0.1, 0.15) is 0 Å². The van der Waals surface area contributed by atoms with E-state index in [-0.39, 0.29) is 6.61 Å². The van der Waals surface area contributed by atoms with Crippen molar-refractivity contribution in [3.63, 3.8) is 0 Å². The molecule has 0 unspecified atom stereocenters. The van der Waals surface area contributed by atoms with Gasteiger partial charge in [0.25, 0.3) is 0 Å². The number of aryl methyl sites for hydroxylation is 1. The number of rotatable bonds is 7. The minimum absolute atomic E-state index is 0.264. The van der Waals surface area contributed by atoms with Crippen molar-refractivity contribution < 1.29 is 5.11 Å². The van der Waals surface area contributed by atoms with E-state index in [2.05, 4.69) is 47.5 Å².